The average Bonchev–Trinajstić information content (AvgIpc) is 2.24. The Kier molecular flexibility index (Phi) is 2.84. The Bertz CT molecular complexity index is 733. The van der Waals surface area contributed by atoms with E-state index in [1.807, 2.05) is 4.98 Å². The highest BCUT2D eigenvalue weighted by Gasteiger charge is 2.47. The molecule has 0 aliphatic rings. The first kappa shape index (κ1) is 14.0. The van der Waals surface area contributed by atoms with Crippen LogP contribution in [0, 0.1) is 0 Å². The normalized spacial score (nSPS) is 12.9. The predicted octanol–water partition coefficient (Wildman–Crippen LogP) is 1.33. The Morgan fingerprint density at radius 1 is 0.900 bits per heavy atom. The van der Waals surface area contributed by atoms with Crippen LogP contribution in [-0.2, 0) is 12.4 Å². The summed E-state index contributed by atoms with van der Waals surface area (Å²) in [5.41, 5.74) is -2.66. The van der Waals surface area contributed by atoms with Gasteiger partial charge in [0.2, 0.25) is 5.95 Å². The van der Waals surface area contributed by atoms with Crippen LogP contribution in [0.1, 0.15) is 11.4 Å². The van der Waals surface area contributed by atoms with E-state index in [4.69, 9.17) is 5.73 Å². The molecule has 0 bridgehead atoms. The van der Waals surface area contributed by atoms with E-state index in [9.17, 15) is 31.1 Å². The van der Waals surface area contributed by atoms with Crippen molar-refractivity contribution in [2.24, 2.45) is 0 Å². The van der Waals surface area contributed by atoms with Gasteiger partial charge in [-0.1, -0.05) is 0 Å². The molecule has 0 aliphatic heterocycles. The van der Waals surface area contributed by atoms with Gasteiger partial charge in [-0.15, -0.1) is 0 Å². The molecule has 2 aromatic rings. The van der Waals surface area contributed by atoms with Gasteiger partial charge in [-0.2, -0.15) is 31.3 Å². The summed E-state index contributed by atoms with van der Waals surface area (Å²) in [5.74, 6) is -0.593. The highest BCUT2D eigenvalue weighted by atomic mass is 19.4. The molecule has 0 aromatic carbocycles. The maximum atomic E-state index is 12.6. The number of aromatic amines is 1. The fraction of sp³-hybridized carbons (Fsp3) is 0.250. The lowest BCUT2D eigenvalue weighted by Crippen LogP contribution is -2.23. The van der Waals surface area contributed by atoms with Crippen LogP contribution in [0.5, 0.6) is 0 Å². The third kappa shape index (κ3) is 2.35. The molecule has 2 aromatic heterocycles. The maximum Gasteiger partial charge on any atom is 0.435 e. The minimum absolute atomic E-state index is 0.593. The second kappa shape index (κ2) is 4.05. The van der Waals surface area contributed by atoms with E-state index < -0.39 is 46.4 Å². The summed E-state index contributed by atoms with van der Waals surface area (Å²) >= 11 is 0. The molecular weight excluding hydrogens is 296 g/mol. The van der Waals surface area contributed by atoms with Crippen LogP contribution < -0.4 is 11.3 Å². The predicted molar refractivity (Wildman–Crippen MR) is 52.4 cm³/mol. The smallest absolute Gasteiger partial charge is 0.369 e. The number of fused-ring (bicyclic) bond motifs is 1. The van der Waals surface area contributed by atoms with Gasteiger partial charge in [0.25, 0.3) is 5.56 Å². The molecule has 3 N–H and O–H groups in total. The summed E-state index contributed by atoms with van der Waals surface area (Å²) < 4.78 is 75.4. The molecule has 20 heavy (non-hydrogen) atoms. The van der Waals surface area contributed by atoms with Crippen molar-refractivity contribution in [1.82, 2.24) is 19.9 Å². The molecule has 0 unspecified atom stereocenters. The van der Waals surface area contributed by atoms with E-state index in [1.165, 1.54) is 0 Å². The van der Waals surface area contributed by atoms with Crippen molar-refractivity contribution in [3.8, 4) is 0 Å². The minimum Gasteiger partial charge on any atom is -0.369 e. The summed E-state index contributed by atoms with van der Waals surface area (Å²) in [6.07, 6.45) is -10.8. The van der Waals surface area contributed by atoms with Gasteiger partial charge < -0.3 is 5.73 Å². The largest absolute Gasteiger partial charge is 0.435 e. The maximum absolute atomic E-state index is 12.6. The first-order chi connectivity index (χ1) is 9.00. The molecule has 0 amide bonds. The molecule has 108 valence electrons. The number of aromatic nitrogens is 4. The SMILES string of the molecule is Nc1nc2nc(C(F)(F)F)c(C(F)(F)F)nc2c(=O)[nH]1. The molecule has 0 saturated carbocycles. The first-order valence-corrected chi connectivity index (χ1v) is 4.72. The van der Waals surface area contributed by atoms with Gasteiger partial charge in [0, 0.05) is 0 Å². The van der Waals surface area contributed by atoms with Crippen LogP contribution >= 0.6 is 0 Å². The monoisotopic (exact) mass is 299 g/mol. The van der Waals surface area contributed by atoms with Crippen LogP contribution in [0.2, 0.25) is 0 Å². The van der Waals surface area contributed by atoms with Gasteiger partial charge in [-0.05, 0) is 0 Å². The Morgan fingerprint density at radius 3 is 1.90 bits per heavy atom. The molecule has 0 fully saturated rings. The molecule has 0 saturated heterocycles. The quantitative estimate of drug-likeness (QED) is 0.715. The summed E-state index contributed by atoms with van der Waals surface area (Å²) in [6.45, 7) is 0. The highest BCUT2D eigenvalue weighted by molar-refractivity contribution is 5.70. The lowest BCUT2D eigenvalue weighted by atomic mass is 10.2. The summed E-state index contributed by atoms with van der Waals surface area (Å²) in [6, 6.07) is 0. The number of halogens is 6. The molecule has 0 radical (unpaired) electrons. The van der Waals surface area contributed by atoms with Crippen LogP contribution in [0.4, 0.5) is 32.3 Å². The van der Waals surface area contributed by atoms with Crippen LogP contribution in [0.15, 0.2) is 4.79 Å². The van der Waals surface area contributed by atoms with Gasteiger partial charge in [-0.3, -0.25) is 9.78 Å². The molecular formula is C8H3F6N5O. The first-order valence-electron chi connectivity index (χ1n) is 4.72. The topological polar surface area (TPSA) is 97.5 Å². The number of hydrogen-bond acceptors (Lipinski definition) is 5. The number of hydrogen-bond donors (Lipinski definition) is 2. The molecule has 2 heterocycles. The third-order valence-electron chi connectivity index (χ3n) is 2.10. The van der Waals surface area contributed by atoms with Crippen molar-refractivity contribution < 1.29 is 26.3 Å². The molecule has 0 spiro atoms. The van der Waals surface area contributed by atoms with Gasteiger partial charge in [0.05, 0.1) is 0 Å². The van der Waals surface area contributed by atoms with Gasteiger partial charge in [0.1, 0.15) is 0 Å². The molecule has 6 nitrogen and oxygen atoms in total. The zero-order valence-corrected chi connectivity index (χ0v) is 9.10. The second-order valence-electron chi connectivity index (χ2n) is 3.54. The van der Waals surface area contributed by atoms with Crippen molar-refractivity contribution >= 4 is 17.1 Å². The van der Waals surface area contributed by atoms with Crippen molar-refractivity contribution in [2.45, 2.75) is 12.4 Å². The van der Waals surface area contributed by atoms with E-state index in [-0.39, 0.29) is 0 Å². The number of H-pyrrole nitrogens is 1. The fourth-order valence-corrected chi connectivity index (χ4v) is 1.37. The summed E-state index contributed by atoms with van der Waals surface area (Å²) in [4.78, 5) is 21.7. The van der Waals surface area contributed by atoms with Crippen molar-refractivity contribution in [2.75, 3.05) is 5.73 Å². The number of rotatable bonds is 0. The molecule has 2 rings (SSSR count). The highest BCUT2D eigenvalue weighted by Crippen LogP contribution is 2.38. The van der Waals surface area contributed by atoms with E-state index in [2.05, 4.69) is 15.0 Å². The summed E-state index contributed by atoms with van der Waals surface area (Å²) in [5, 5.41) is 0. The lowest BCUT2D eigenvalue weighted by Gasteiger charge is -2.13. The number of nitrogens with two attached hydrogens (primary N) is 1. The van der Waals surface area contributed by atoms with Gasteiger partial charge in [-0.25, -0.2) is 9.97 Å². The van der Waals surface area contributed by atoms with Crippen LogP contribution in [0.25, 0.3) is 11.2 Å². The van der Waals surface area contributed by atoms with Gasteiger partial charge >= 0.3 is 12.4 Å². The number of anilines is 1. The number of nitrogen functional groups attached to an aromatic ring is 1. The van der Waals surface area contributed by atoms with E-state index >= 15 is 0 Å². The Labute approximate surface area is 104 Å². The molecule has 0 atom stereocenters. The molecule has 0 aliphatic carbocycles. The minimum atomic E-state index is -5.43. The third-order valence-corrected chi connectivity index (χ3v) is 2.10. The number of nitrogens with zero attached hydrogens (tertiary/aromatic N) is 3. The number of alkyl halides is 6. The van der Waals surface area contributed by atoms with Crippen molar-refractivity contribution in [3.05, 3.63) is 21.7 Å². The van der Waals surface area contributed by atoms with E-state index in [0.29, 0.717) is 0 Å². The zero-order chi connectivity index (χ0) is 15.3. The Balaban J connectivity index is 2.93. The summed E-state index contributed by atoms with van der Waals surface area (Å²) in [7, 11) is 0. The molecule has 12 heteroatoms. The Hall–Kier alpha value is -2.40. The lowest BCUT2D eigenvalue weighted by molar-refractivity contribution is -0.167. The zero-order valence-electron chi connectivity index (χ0n) is 9.10. The Morgan fingerprint density at radius 2 is 1.40 bits per heavy atom. The van der Waals surface area contributed by atoms with Crippen LogP contribution in [-0.4, -0.2) is 19.9 Å². The van der Waals surface area contributed by atoms with E-state index in [0.717, 1.165) is 0 Å². The van der Waals surface area contributed by atoms with Crippen molar-refractivity contribution in [3.63, 3.8) is 0 Å². The number of nitrogens with one attached hydrogen (secondary N) is 1. The fourth-order valence-electron chi connectivity index (χ4n) is 1.37. The van der Waals surface area contributed by atoms with Gasteiger partial charge in [0.15, 0.2) is 22.6 Å². The van der Waals surface area contributed by atoms with Crippen LogP contribution in [0.3, 0.4) is 0 Å². The van der Waals surface area contributed by atoms with Crippen molar-refractivity contribution in [1.29, 1.82) is 0 Å². The van der Waals surface area contributed by atoms with E-state index in [1.54, 1.807) is 0 Å². The second-order valence-corrected chi connectivity index (χ2v) is 3.54. The average molecular weight is 299 g/mol. The standard InChI is InChI=1S/C8H3F6N5O/c9-7(10,11)2-3(8(12,13)14)17-4-1(16-2)5(20)19-6(15)18-4/h(H3,15,17,18,19,20).